The number of nitrogens with one attached hydrogen (secondary N) is 2. The van der Waals surface area contributed by atoms with Crippen molar-refractivity contribution in [2.45, 2.75) is 12.8 Å². The SMILES string of the molecule is CNCCCNC(=O)C1CCN(C)C1. The van der Waals surface area contributed by atoms with E-state index in [0.717, 1.165) is 39.0 Å². The summed E-state index contributed by atoms with van der Waals surface area (Å²) in [5.41, 5.74) is 0. The molecule has 0 aromatic carbocycles. The molecule has 1 aliphatic heterocycles. The lowest BCUT2D eigenvalue weighted by atomic mass is 10.1. The summed E-state index contributed by atoms with van der Waals surface area (Å²) in [5, 5.41) is 6.03. The van der Waals surface area contributed by atoms with Crippen molar-refractivity contribution in [3.63, 3.8) is 0 Å². The fourth-order valence-corrected chi connectivity index (χ4v) is 1.77. The summed E-state index contributed by atoms with van der Waals surface area (Å²) < 4.78 is 0. The Kier molecular flexibility index (Phi) is 4.90. The van der Waals surface area contributed by atoms with Gasteiger partial charge in [-0.15, -0.1) is 0 Å². The fourth-order valence-electron chi connectivity index (χ4n) is 1.77. The van der Waals surface area contributed by atoms with Gasteiger partial charge in [0.2, 0.25) is 5.91 Å². The van der Waals surface area contributed by atoms with Crippen LogP contribution in [0.2, 0.25) is 0 Å². The van der Waals surface area contributed by atoms with Gasteiger partial charge >= 0.3 is 0 Å². The highest BCUT2D eigenvalue weighted by molar-refractivity contribution is 5.79. The standard InChI is InChI=1S/C10H21N3O/c1-11-5-3-6-12-10(14)9-4-7-13(2)8-9/h9,11H,3-8H2,1-2H3,(H,12,14). The molecule has 1 amide bonds. The highest BCUT2D eigenvalue weighted by atomic mass is 16.1. The first-order valence-corrected chi connectivity index (χ1v) is 5.35. The van der Waals surface area contributed by atoms with E-state index in [2.05, 4.69) is 22.6 Å². The van der Waals surface area contributed by atoms with Crippen LogP contribution in [0.1, 0.15) is 12.8 Å². The molecule has 1 fully saturated rings. The van der Waals surface area contributed by atoms with Gasteiger partial charge in [0.15, 0.2) is 0 Å². The number of likely N-dealkylation sites (tertiary alicyclic amines) is 1. The van der Waals surface area contributed by atoms with Crippen molar-refractivity contribution in [2.24, 2.45) is 5.92 Å². The zero-order valence-electron chi connectivity index (χ0n) is 9.18. The second kappa shape index (κ2) is 5.98. The quantitative estimate of drug-likeness (QED) is 0.596. The van der Waals surface area contributed by atoms with Crippen molar-refractivity contribution in [1.29, 1.82) is 0 Å². The van der Waals surface area contributed by atoms with E-state index < -0.39 is 0 Å². The van der Waals surface area contributed by atoms with Crippen molar-refractivity contribution in [1.82, 2.24) is 15.5 Å². The third kappa shape index (κ3) is 3.64. The first kappa shape index (κ1) is 11.5. The van der Waals surface area contributed by atoms with Gasteiger partial charge in [-0.3, -0.25) is 4.79 Å². The van der Waals surface area contributed by atoms with Crippen molar-refractivity contribution >= 4 is 5.91 Å². The Morgan fingerprint density at radius 1 is 1.50 bits per heavy atom. The molecule has 0 saturated carbocycles. The average molecular weight is 199 g/mol. The molecular weight excluding hydrogens is 178 g/mol. The smallest absolute Gasteiger partial charge is 0.224 e. The van der Waals surface area contributed by atoms with Crippen LogP contribution in [-0.2, 0) is 4.79 Å². The molecule has 4 nitrogen and oxygen atoms in total. The van der Waals surface area contributed by atoms with Gasteiger partial charge in [-0.1, -0.05) is 0 Å². The molecule has 2 N–H and O–H groups in total. The molecule has 1 aliphatic rings. The molecule has 1 rings (SSSR count). The highest BCUT2D eigenvalue weighted by Gasteiger charge is 2.25. The molecular formula is C10H21N3O. The van der Waals surface area contributed by atoms with Crippen LogP contribution in [0.15, 0.2) is 0 Å². The molecule has 1 saturated heterocycles. The maximum Gasteiger partial charge on any atom is 0.224 e. The van der Waals surface area contributed by atoms with Crippen LogP contribution in [0.25, 0.3) is 0 Å². The van der Waals surface area contributed by atoms with Gasteiger partial charge in [0.25, 0.3) is 0 Å². The van der Waals surface area contributed by atoms with Crippen molar-refractivity contribution in [3.8, 4) is 0 Å². The van der Waals surface area contributed by atoms with Crippen LogP contribution >= 0.6 is 0 Å². The predicted molar refractivity (Wildman–Crippen MR) is 57.2 cm³/mol. The minimum Gasteiger partial charge on any atom is -0.356 e. The summed E-state index contributed by atoms with van der Waals surface area (Å²) in [5.74, 6) is 0.444. The van der Waals surface area contributed by atoms with E-state index in [4.69, 9.17) is 0 Å². The zero-order chi connectivity index (χ0) is 10.4. The molecule has 1 atom stereocenters. The summed E-state index contributed by atoms with van der Waals surface area (Å²) in [6, 6.07) is 0. The van der Waals surface area contributed by atoms with Gasteiger partial charge in [-0.25, -0.2) is 0 Å². The lowest BCUT2D eigenvalue weighted by Crippen LogP contribution is -2.33. The molecule has 0 spiro atoms. The highest BCUT2D eigenvalue weighted by Crippen LogP contribution is 2.13. The lowest BCUT2D eigenvalue weighted by molar-refractivity contribution is -0.124. The van der Waals surface area contributed by atoms with E-state index in [0.29, 0.717) is 0 Å². The van der Waals surface area contributed by atoms with Gasteiger partial charge in [-0.2, -0.15) is 0 Å². The number of rotatable bonds is 5. The molecule has 0 aliphatic carbocycles. The van der Waals surface area contributed by atoms with Gasteiger partial charge in [0.1, 0.15) is 0 Å². The van der Waals surface area contributed by atoms with Gasteiger partial charge in [0.05, 0.1) is 5.92 Å². The minimum absolute atomic E-state index is 0.217. The summed E-state index contributed by atoms with van der Waals surface area (Å²) in [6.07, 6.45) is 2.01. The third-order valence-electron chi connectivity index (χ3n) is 2.66. The summed E-state index contributed by atoms with van der Waals surface area (Å²) >= 11 is 0. The van der Waals surface area contributed by atoms with E-state index in [9.17, 15) is 4.79 Å². The van der Waals surface area contributed by atoms with Crippen LogP contribution in [0, 0.1) is 5.92 Å². The van der Waals surface area contributed by atoms with E-state index in [1.165, 1.54) is 0 Å². The number of hydrogen-bond acceptors (Lipinski definition) is 3. The Balaban J connectivity index is 2.09. The number of carbonyl (C=O) groups excluding carboxylic acids is 1. The maximum absolute atomic E-state index is 11.6. The maximum atomic E-state index is 11.6. The zero-order valence-corrected chi connectivity index (χ0v) is 9.18. The van der Waals surface area contributed by atoms with Crippen molar-refractivity contribution in [2.75, 3.05) is 40.3 Å². The lowest BCUT2D eigenvalue weighted by Gasteiger charge is -2.10. The Morgan fingerprint density at radius 2 is 2.29 bits per heavy atom. The molecule has 82 valence electrons. The molecule has 4 heteroatoms. The molecule has 1 heterocycles. The van der Waals surface area contributed by atoms with Crippen LogP contribution in [0.4, 0.5) is 0 Å². The number of nitrogens with zero attached hydrogens (tertiary/aromatic N) is 1. The van der Waals surface area contributed by atoms with Gasteiger partial charge in [-0.05, 0) is 40.0 Å². The summed E-state index contributed by atoms with van der Waals surface area (Å²) in [7, 11) is 3.99. The number of hydrogen-bond donors (Lipinski definition) is 2. The van der Waals surface area contributed by atoms with Crippen LogP contribution in [0.3, 0.4) is 0 Å². The van der Waals surface area contributed by atoms with E-state index in [-0.39, 0.29) is 11.8 Å². The summed E-state index contributed by atoms with van der Waals surface area (Å²) in [6.45, 7) is 3.72. The van der Waals surface area contributed by atoms with E-state index in [1.807, 2.05) is 7.05 Å². The molecule has 14 heavy (non-hydrogen) atoms. The van der Waals surface area contributed by atoms with Crippen LogP contribution in [-0.4, -0.2) is 51.1 Å². The predicted octanol–water partition coefficient (Wildman–Crippen LogP) is -0.336. The molecule has 0 radical (unpaired) electrons. The molecule has 0 aromatic rings. The average Bonchev–Trinajstić information content (AvgIpc) is 2.59. The van der Waals surface area contributed by atoms with Crippen LogP contribution in [0.5, 0.6) is 0 Å². The van der Waals surface area contributed by atoms with Crippen molar-refractivity contribution in [3.05, 3.63) is 0 Å². The Morgan fingerprint density at radius 3 is 2.86 bits per heavy atom. The van der Waals surface area contributed by atoms with Gasteiger partial charge < -0.3 is 15.5 Å². The first-order chi connectivity index (χ1) is 6.74. The molecule has 0 aromatic heterocycles. The van der Waals surface area contributed by atoms with Crippen LogP contribution < -0.4 is 10.6 Å². The van der Waals surface area contributed by atoms with Gasteiger partial charge in [0, 0.05) is 13.1 Å². The topological polar surface area (TPSA) is 44.4 Å². The van der Waals surface area contributed by atoms with Crippen molar-refractivity contribution < 1.29 is 4.79 Å². The number of carbonyl (C=O) groups is 1. The Labute approximate surface area is 86.0 Å². The number of amides is 1. The van der Waals surface area contributed by atoms with E-state index in [1.54, 1.807) is 0 Å². The minimum atomic E-state index is 0.217. The third-order valence-corrected chi connectivity index (χ3v) is 2.66. The Hall–Kier alpha value is -0.610. The normalized spacial score (nSPS) is 22.6. The second-order valence-electron chi connectivity index (χ2n) is 4.00. The van der Waals surface area contributed by atoms with E-state index >= 15 is 0 Å². The summed E-state index contributed by atoms with van der Waals surface area (Å²) in [4.78, 5) is 13.8. The largest absolute Gasteiger partial charge is 0.356 e. The molecule has 1 unspecified atom stereocenters. The monoisotopic (exact) mass is 199 g/mol. The Bertz CT molecular complexity index is 184. The fraction of sp³-hybridized carbons (Fsp3) is 0.900. The molecule has 0 bridgehead atoms. The first-order valence-electron chi connectivity index (χ1n) is 5.35. The second-order valence-corrected chi connectivity index (χ2v) is 4.00.